The van der Waals surface area contributed by atoms with Gasteiger partial charge in [0, 0.05) is 42.4 Å². The Bertz CT molecular complexity index is 591. The number of carbonyl (C=O) groups excluding carboxylic acids is 1. The van der Waals surface area contributed by atoms with Gasteiger partial charge in [0.25, 0.3) is 9.05 Å². The van der Waals surface area contributed by atoms with Crippen molar-refractivity contribution in [3.05, 3.63) is 17.0 Å². The SMILES string of the molecule is COCC1CCN(C(=O)Cc2ccc(S(=O)(=O)Cl)s2)CC1. The van der Waals surface area contributed by atoms with Gasteiger partial charge in [-0.05, 0) is 30.9 Å². The van der Waals surface area contributed by atoms with Crippen LogP contribution in [0.1, 0.15) is 17.7 Å². The molecule has 0 saturated carbocycles. The molecule has 0 bridgehead atoms. The number of hydrogen-bond donors (Lipinski definition) is 0. The zero-order valence-corrected chi connectivity index (χ0v) is 14.1. The molecule has 1 saturated heterocycles. The molecule has 0 aliphatic carbocycles. The molecule has 0 spiro atoms. The minimum absolute atomic E-state index is 0.0336. The predicted molar refractivity (Wildman–Crippen MR) is 82.2 cm³/mol. The Morgan fingerprint density at radius 2 is 2.10 bits per heavy atom. The van der Waals surface area contributed by atoms with Crippen molar-refractivity contribution in [2.45, 2.75) is 23.5 Å². The van der Waals surface area contributed by atoms with Crippen molar-refractivity contribution in [1.82, 2.24) is 4.90 Å². The molecule has 2 heterocycles. The molecular formula is C13H18ClNO4S2. The van der Waals surface area contributed by atoms with E-state index >= 15 is 0 Å². The number of nitrogens with zero attached hydrogens (tertiary/aromatic N) is 1. The molecule has 0 radical (unpaired) electrons. The molecule has 1 aromatic rings. The lowest BCUT2D eigenvalue weighted by Crippen LogP contribution is -2.40. The molecule has 0 aromatic carbocycles. The standard InChI is InChI=1S/C13H18ClNO4S2/c1-19-9-10-4-6-15(7-5-10)12(16)8-11-2-3-13(20-11)21(14,17)18/h2-3,10H,4-9H2,1H3. The zero-order valence-electron chi connectivity index (χ0n) is 11.7. The van der Waals surface area contributed by atoms with Crippen molar-refractivity contribution in [3.8, 4) is 0 Å². The quantitative estimate of drug-likeness (QED) is 0.762. The molecule has 8 heteroatoms. The zero-order chi connectivity index (χ0) is 15.5. The molecule has 1 aliphatic heterocycles. The summed E-state index contributed by atoms with van der Waals surface area (Å²) in [6, 6.07) is 3.09. The van der Waals surface area contributed by atoms with Gasteiger partial charge in [-0.25, -0.2) is 8.42 Å². The van der Waals surface area contributed by atoms with E-state index in [0.29, 0.717) is 5.92 Å². The highest BCUT2D eigenvalue weighted by atomic mass is 35.7. The minimum atomic E-state index is -3.70. The Kier molecular flexibility index (Phi) is 5.65. The van der Waals surface area contributed by atoms with Gasteiger partial charge >= 0.3 is 0 Å². The van der Waals surface area contributed by atoms with Gasteiger partial charge in [0.1, 0.15) is 4.21 Å². The maximum Gasteiger partial charge on any atom is 0.270 e. The number of likely N-dealkylation sites (tertiary alicyclic amines) is 1. The number of amides is 1. The lowest BCUT2D eigenvalue weighted by molar-refractivity contribution is -0.132. The van der Waals surface area contributed by atoms with Gasteiger partial charge in [-0.3, -0.25) is 4.79 Å². The first kappa shape index (κ1) is 16.7. The number of piperidine rings is 1. The molecule has 0 N–H and O–H groups in total. The van der Waals surface area contributed by atoms with Crippen molar-refractivity contribution >= 4 is 37.0 Å². The molecule has 0 atom stereocenters. The Morgan fingerprint density at radius 1 is 1.43 bits per heavy atom. The van der Waals surface area contributed by atoms with Crippen LogP contribution in [0.5, 0.6) is 0 Å². The number of ether oxygens (including phenoxy) is 1. The van der Waals surface area contributed by atoms with Crippen LogP contribution in [0.15, 0.2) is 16.3 Å². The number of methoxy groups -OCH3 is 1. The normalized spacial score (nSPS) is 17.1. The number of carbonyl (C=O) groups is 1. The summed E-state index contributed by atoms with van der Waals surface area (Å²) in [5.41, 5.74) is 0. The fourth-order valence-corrected chi connectivity index (χ4v) is 4.54. The van der Waals surface area contributed by atoms with Crippen LogP contribution >= 0.6 is 22.0 Å². The van der Waals surface area contributed by atoms with Crippen LogP contribution in [0.3, 0.4) is 0 Å². The van der Waals surface area contributed by atoms with Gasteiger partial charge in [0.2, 0.25) is 5.91 Å². The van der Waals surface area contributed by atoms with Crippen molar-refractivity contribution in [3.63, 3.8) is 0 Å². The third-order valence-electron chi connectivity index (χ3n) is 3.57. The topological polar surface area (TPSA) is 63.7 Å². The van der Waals surface area contributed by atoms with E-state index in [4.69, 9.17) is 15.4 Å². The Balaban J connectivity index is 1.89. The van der Waals surface area contributed by atoms with E-state index in [1.54, 1.807) is 13.2 Å². The summed E-state index contributed by atoms with van der Waals surface area (Å²) in [4.78, 5) is 14.8. The number of halogens is 1. The molecule has 1 amide bonds. The number of hydrogen-bond acceptors (Lipinski definition) is 5. The molecule has 0 unspecified atom stereocenters. The van der Waals surface area contributed by atoms with Gasteiger partial charge < -0.3 is 9.64 Å². The third kappa shape index (κ3) is 4.67. The van der Waals surface area contributed by atoms with Crippen LogP contribution < -0.4 is 0 Å². The fourth-order valence-electron chi connectivity index (χ4n) is 2.43. The average molecular weight is 352 g/mol. The second-order valence-corrected chi connectivity index (χ2v) is 9.08. The lowest BCUT2D eigenvalue weighted by atomic mass is 9.97. The summed E-state index contributed by atoms with van der Waals surface area (Å²) in [5.74, 6) is 0.556. The van der Waals surface area contributed by atoms with E-state index in [9.17, 15) is 13.2 Å². The van der Waals surface area contributed by atoms with E-state index in [2.05, 4.69) is 0 Å². The van der Waals surface area contributed by atoms with Crippen LogP contribution in [-0.4, -0.2) is 46.0 Å². The first-order valence-electron chi connectivity index (χ1n) is 6.70. The summed E-state index contributed by atoms with van der Waals surface area (Å²) >= 11 is 1.05. The molecular weight excluding hydrogens is 334 g/mol. The predicted octanol–water partition coefficient (Wildman–Crippen LogP) is 2.10. The van der Waals surface area contributed by atoms with E-state index < -0.39 is 9.05 Å². The van der Waals surface area contributed by atoms with Gasteiger partial charge in [-0.1, -0.05) is 0 Å². The average Bonchev–Trinajstić information content (AvgIpc) is 2.88. The van der Waals surface area contributed by atoms with E-state index in [1.165, 1.54) is 6.07 Å². The summed E-state index contributed by atoms with van der Waals surface area (Å²) in [6.45, 7) is 2.21. The smallest absolute Gasteiger partial charge is 0.270 e. The number of rotatable bonds is 5. The molecule has 5 nitrogen and oxygen atoms in total. The third-order valence-corrected chi connectivity index (χ3v) is 6.75. The minimum Gasteiger partial charge on any atom is -0.384 e. The van der Waals surface area contributed by atoms with Crippen LogP contribution in [0.4, 0.5) is 0 Å². The molecule has 1 aliphatic rings. The Hall–Kier alpha value is -0.630. The Labute approximate surface area is 133 Å². The molecule has 1 fully saturated rings. The molecule has 2 rings (SSSR count). The van der Waals surface area contributed by atoms with Gasteiger partial charge in [0.05, 0.1) is 6.42 Å². The van der Waals surface area contributed by atoms with Crippen molar-refractivity contribution in [1.29, 1.82) is 0 Å². The highest BCUT2D eigenvalue weighted by Crippen LogP contribution is 2.26. The highest BCUT2D eigenvalue weighted by Gasteiger charge is 2.23. The molecule has 1 aromatic heterocycles. The van der Waals surface area contributed by atoms with Crippen LogP contribution in [0.25, 0.3) is 0 Å². The maximum atomic E-state index is 12.2. The summed E-state index contributed by atoms with van der Waals surface area (Å²) < 4.78 is 27.6. The van der Waals surface area contributed by atoms with Crippen LogP contribution in [0, 0.1) is 5.92 Å². The second kappa shape index (κ2) is 7.09. The first-order valence-corrected chi connectivity index (χ1v) is 9.83. The lowest BCUT2D eigenvalue weighted by Gasteiger charge is -2.31. The maximum absolute atomic E-state index is 12.2. The second-order valence-electron chi connectivity index (χ2n) is 5.11. The van der Waals surface area contributed by atoms with Gasteiger partial charge in [0.15, 0.2) is 0 Å². The van der Waals surface area contributed by atoms with E-state index in [1.807, 2.05) is 4.90 Å². The van der Waals surface area contributed by atoms with Gasteiger partial charge in [-0.2, -0.15) is 0 Å². The van der Waals surface area contributed by atoms with E-state index in [0.717, 1.165) is 48.8 Å². The van der Waals surface area contributed by atoms with E-state index in [-0.39, 0.29) is 16.5 Å². The fraction of sp³-hybridized carbons (Fsp3) is 0.615. The van der Waals surface area contributed by atoms with Crippen LogP contribution in [0.2, 0.25) is 0 Å². The molecule has 21 heavy (non-hydrogen) atoms. The highest BCUT2D eigenvalue weighted by molar-refractivity contribution is 8.15. The first-order chi connectivity index (χ1) is 9.90. The van der Waals surface area contributed by atoms with Crippen molar-refractivity contribution < 1.29 is 17.9 Å². The van der Waals surface area contributed by atoms with Gasteiger partial charge in [-0.15, -0.1) is 11.3 Å². The van der Waals surface area contributed by atoms with Crippen LogP contribution in [-0.2, 0) is 25.0 Å². The molecule has 118 valence electrons. The number of thiophene rings is 1. The van der Waals surface area contributed by atoms with Crippen molar-refractivity contribution in [2.75, 3.05) is 26.8 Å². The Morgan fingerprint density at radius 3 is 2.62 bits per heavy atom. The summed E-state index contributed by atoms with van der Waals surface area (Å²) in [7, 11) is 3.27. The largest absolute Gasteiger partial charge is 0.384 e. The monoisotopic (exact) mass is 351 g/mol. The van der Waals surface area contributed by atoms with Crippen molar-refractivity contribution in [2.24, 2.45) is 5.92 Å². The summed E-state index contributed by atoms with van der Waals surface area (Å²) in [5, 5.41) is 0. The summed E-state index contributed by atoms with van der Waals surface area (Å²) in [6.07, 6.45) is 2.13.